The Bertz CT molecular complexity index is 638. The summed E-state index contributed by atoms with van der Waals surface area (Å²) in [6.45, 7) is 16.4. The van der Waals surface area contributed by atoms with Crippen LogP contribution in [-0.4, -0.2) is 5.25 Å². The van der Waals surface area contributed by atoms with Crippen molar-refractivity contribution in [1.29, 1.82) is 0 Å². The lowest BCUT2D eigenvalue weighted by Gasteiger charge is -2.40. The number of rotatable bonds is 6. The minimum Gasteiger partial charge on any atom is -0.111 e. The summed E-state index contributed by atoms with van der Waals surface area (Å²) in [5, 5.41) is 0.691. The summed E-state index contributed by atoms with van der Waals surface area (Å²) < 4.78 is 0. The van der Waals surface area contributed by atoms with Gasteiger partial charge in [-0.15, -0.1) is 11.7 Å². The van der Waals surface area contributed by atoms with Gasteiger partial charge in [0.05, 0.1) is 0 Å². The second-order valence-corrected chi connectivity index (χ2v) is 13.7. The molecule has 5 unspecified atom stereocenters. The van der Waals surface area contributed by atoms with E-state index in [0.29, 0.717) is 10.7 Å². The van der Waals surface area contributed by atoms with Gasteiger partial charge < -0.3 is 0 Å². The van der Waals surface area contributed by atoms with E-state index in [-0.39, 0.29) is 0 Å². The summed E-state index contributed by atoms with van der Waals surface area (Å²) in [5.74, 6) is 4.20. The van der Waals surface area contributed by atoms with E-state index in [4.69, 9.17) is 0 Å². The van der Waals surface area contributed by atoms with Gasteiger partial charge in [0.25, 0.3) is 0 Å². The first-order valence-corrected chi connectivity index (χ1v) is 15.5. The van der Waals surface area contributed by atoms with E-state index in [0.717, 1.165) is 29.6 Å². The fraction of sp³-hybridized carbons (Fsp3) is 0.800. The molecule has 0 aromatic rings. The van der Waals surface area contributed by atoms with Crippen LogP contribution in [0.4, 0.5) is 0 Å². The average molecular weight is 477 g/mol. The molecule has 2 saturated carbocycles. The molecule has 0 aromatic carbocycles. The molecule has 0 N–H and O–H groups in total. The molecular formula is C30H52S2. The molecule has 0 aliphatic heterocycles. The zero-order valence-corrected chi connectivity index (χ0v) is 23.9. The van der Waals surface area contributed by atoms with Crippen molar-refractivity contribution in [3.05, 3.63) is 35.5 Å². The molecule has 2 fully saturated rings. The van der Waals surface area contributed by atoms with Crippen molar-refractivity contribution >= 4 is 22.5 Å². The Balaban J connectivity index is 0.000000837. The lowest BCUT2D eigenvalue weighted by atomic mass is 9.65. The number of hydrogen-bond donors (Lipinski definition) is 1. The SMILES string of the molecule is CC(C)C.CC(C)CCCC(C)C1CCC2/C=C/C=C3/CC(SS)CC/C3=C\CCC21C. The van der Waals surface area contributed by atoms with Gasteiger partial charge in [0.15, 0.2) is 0 Å². The first kappa shape index (κ1) is 28.2. The maximum atomic E-state index is 4.48. The average Bonchev–Trinajstić information content (AvgIpc) is 3.04. The van der Waals surface area contributed by atoms with Crippen LogP contribution in [0, 0.1) is 35.0 Å². The first-order chi connectivity index (χ1) is 15.2. The summed E-state index contributed by atoms with van der Waals surface area (Å²) >= 11 is 4.48. The van der Waals surface area contributed by atoms with Crippen molar-refractivity contribution in [3.63, 3.8) is 0 Å². The van der Waals surface area contributed by atoms with Crippen molar-refractivity contribution < 1.29 is 0 Å². The predicted molar refractivity (Wildman–Crippen MR) is 151 cm³/mol. The normalized spacial score (nSPS) is 35.5. The van der Waals surface area contributed by atoms with Gasteiger partial charge in [-0.05, 0) is 91.1 Å². The van der Waals surface area contributed by atoms with Crippen molar-refractivity contribution in [1.82, 2.24) is 0 Å². The molecule has 0 radical (unpaired) electrons. The minimum absolute atomic E-state index is 0.480. The van der Waals surface area contributed by atoms with Gasteiger partial charge in [0, 0.05) is 5.25 Å². The Hall–Kier alpha value is -0.0800. The lowest BCUT2D eigenvalue weighted by Crippen LogP contribution is -2.32. The van der Waals surface area contributed by atoms with Gasteiger partial charge in [0.1, 0.15) is 0 Å². The van der Waals surface area contributed by atoms with Crippen LogP contribution in [0.3, 0.4) is 0 Å². The van der Waals surface area contributed by atoms with Crippen LogP contribution in [0.1, 0.15) is 113 Å². The number of fused-ring (bicyclic) bond motifs is 2. The monoisotopic (exact) mass is 476 g/mol. The first-order valence-electron chi connectivity index (χ1n) is 13.5. The van der Waals surface area contributed by atoms with Crippen LogP contribution >= 0.6 is 22.5 Å². The molecule has 184 valence electrons. The number of hydrogen-bond acceptors (Lipinski definition) is 2. The standard InChI is InChI=1S/C26H42S2.C4H10/c1-19(2)8-5-9-20(3)25-16-14-23-12-6-10-22-18-24(28-27)15-13-21(22)11-7-17-26(23,25)4;1-4(2)3/h6,10-12,19-20,23-25,27H,5,7-9,13-18H2,1-4H3;4H,1-3H3/b12-6+,21-11+,22-10-;. The maximum absolute atomic E-state index is 4.48. The van der Waals surface area contributed by atoms with E-state index >= 15 is 0 Å². The van der Waals surface area contributed by atoms with Gasteiger partial charge in [-0.1, -0.05) is 103 Å². The summed E-state index contributed by atoms with van der Waals surface area (Å²) in [4.78, 5) is 0. The molecule has 3 aliphatic rings. The van der Waals surface area contributed by atoms with Gasteiger partial charge in [-0.3, -0.25) is 0 Å². The third kappa shape index (κ3) is 8.30. The largest absolute Gasteiger partial charge is 0.111 e. The van der Waals surface area contributed by atoms with Crippen molar-refractivity contribution in [2.75, 3.05) is 0 Å². The van der Waals surface area contributed by atoms with Crippen LogP contribution in [-0.2, 0) is 0 Å². The highest BCUT2D eigenvalue weighted by molar-refractivity contribution is 8.68. The van der Waals surface area contributed by atoms with Crippen molar-refractivity contribution in [2.45, 2.75) is 118 Å². The quantitative estimate of drug-likeness (QED) is 0.294. The molecule has 3 rings (SSSR count). The molecular weight excluding hydrogens is 424 g/mol. The summed E-state index contributed by atoms with van der Waals surface area (Å²) in [6, 6.07) is 0. The highest BCUT2D eigenvalue weighted by atomic mass is 33.1. The van der Waals surface area contributed by atoms with Crippen LogP contribution < -0.4 is 0 Å². The number of allylic oxidation sites excluding steroid dienone is 6. The summed E-state index contributed by atoms with van der Waals surface area (Å²) in [5.41, 5.74) is 3.69. The number of thiol groups is 1. The Morgan fingerprint density at radius 3 is 2.41 bits per heavy atom. The molecule has 3 aliphatic carbocycles. The molecule has 0 spiro atoms. The minimum atomic E-state index is 0.480. The summed E-state index contributed by atoms with van der Waals surface area (Å²) in [7, 11) is 1.75. The zero-order valence-electron chi connectivity index (χ0n) is 22.2. The van der Waals surface area contributed by atoms with Crippen LogP contribution in [0.5, 0.6) is 0 Å². The highest BCUT2D eigenvalue weighted by Crippen LogP contribution is 2.55. The molecule has 2 heteroatoms. The van der Waals surface area contributed by atoms with Crippen LogP contribution in [0.15, 0.2) is 35.5 Å². The van der Waals surface area contributed by atoms with Crippen LogP contribution in [0.25, 0.3) is 0 Å². The molecule has 32 heavy (non-hydrogen) atoms. The third-order valence-corrected chi connectivity index (χ3v) is 9.66. The topological polar surface area (TPSA) is 0 Å². The van der Waals surface area contributed by atoms with Gasteiger partial charge in [-0.2, -0.15) is 0 Å². The van der Waals surface area contributed by atoms with Gasteiger partial charge in [0.2, 0.25) is 0 Å². The lowest BCUT2D eigenvalue weighted by molar-refractivity contribution is 0.117. The molecule has 0 aromatic heterocycles. The van der Waals surface area contributed by atoms with E-state index in [1.807, 2.05) is 0 Å². The highest BCUT2D eigenvalue weighted by Gasteiger charge is 2.46. The van der Waals surface area contributed by atoms with Gasteiger partial charge in [-0.25, -0.2) is 0 Å². The van der Waals surface area contributed by atoms with E-state index in [2.05, 4.69) is 84.4 Å². The van der Waals surface area contributed by atoms with E-state index < -0.39 is 0 Å². The Labute approximate surface area is 210 Å². The molecule has 0 amide bonds. The fourth-order valence-electron chi connectivity index (χ4n) is 6.28. The molecule has 0 heterocycles. The molecule has 0 bridgehead atoms. The van der Waals surface area contributed by atoms with Crippen LogP contribution in [0.2, 0.25) is 0 Å². The predicted octanol–water partition coefficient (Wildman–Crippen LogP) is 10.5. The summed E-state index contributed by atoms with van der Waals surface area (Å²) in [6.07, 6.45) is 23.4. The van der Waals surface area contributed by atoms with Crippen molar-refractivity contribution in [2.24, 2.45) is 35.0 Å². The molecule has 0 saturated heterocycles. The molecule has 5 atom stereocenters. The van der Waals surface area contributed by atoms with E-state index in [1.165, 1.54) is 64.2 Å². The van der Waals surface area contributed by atoms with Gasteiger partial charge >= 0.3 is 0 Å². The Kier molecular flexibility index (Phi) is 12.1. The van der Waals surface area contributed by atoms with E-state index in [9.17, 15) is 0 Å². The maximum Gasteiger partial charge on any atom is 0.0192 e. The zero-order chi connectivity index (χ0) is 23.7. The smallest absolute Gasteiger partial charge is 0.0192 e. The fourth-order valence-corrected chi connectivity index (χ4v) is 7.30. The molecule has 0 nitrogen and oxygen atoms in total. The Morgan fingerprint density at radius 1 is 1.03 bits per heavy atom. The van der Waals surface area contributed by atoms with Crippen molar-refractivity contribution in [3.8, 4) is 0 Å². The van der Waals surface area contributed by atoms with E-state index in [1.54, 1.807) is 21.9 Å². The third-order valence-electron chi connectivity index (χ3n) is 8.07. The second kappa shape index (κ2) is 13.7. The Morgan fingerprint density at radius 2 is 1.75 bits per heavy atom. The second-order valence-electron chi connectivity index (χ2n) is 12.1.